The Morgan fingerprint density at radius 2 is 1.76 bits per heavy atom. The Labute approximate surface area is 125 Å². The lowest BCUT2D eigenvalue weighted by atomic mass is 9.79. The van der Waals surface area contributed by atoms with E-state index in [0.29, 0.717) is 44.2 Å². The van der Waals surface area contributed by atoms with Crippen molar-refractivity contribution < 1.29 is 29.0 Å². The molecule has 1 aromatic rings. The number of benzene rings is 1. The van der Waals surface area contributed by atoms with Crippen LogP contribution in [0.15, 0.2) is 18.2 Å². The largest absolute Gasteiger partial charge is 0.497 e. The molecule has 0 saturated heterocycles. The highest BCUT2D eigenvalue weighted by molar-refractivity contribution is 6.59. The van der Waals surface area contributed by atoms with Gasteiger partial charge in [0.25, 0.3) is 0 Å². The van der Waals surface area contributed by atoms with Gasteiger partial charge in [-0.25, -0.2) is 0 Å². The first-order valence-corrected chi connectivity index (χ1v) is 6.86. The Bertz CT molecular complexity index is 399. The molecular weight excluding hydrogens is 275 g/mol. The fraction of sp³-hybridized carbons (Fsp3) is 0.571. The van der Waals surface area contributed by atoms with Gasteiger partial charge in [-0.15, -0.1) is 0 Å². The van der Waals surface area contributed by atoms with E-state index in [9.17, 15) is 10.0 Å². The van der Waals surface area contributed by atoms with Crippen LogP contribution in [0.3, 0.4) is 0 Å². The topological polar surface area (TPSA) is 77.4 Å². The van der Waals surface area contributed by atoms with Gasteiger partial charge in [-0.3, -0.25) is 0 Å². The van der Waals surface area contributed by atoms with Crippen molar-refractivity contribution in [2.45, 2.75) is 13.0 Å². The van der Waals surface area contributed by atoms with Crippen LogP contribution in [-0.2, 0) is 20.8 Å². The Morgan fingerprint density at radius 3 is 2.43 bits per heavy atom. The fourth-order valence-electron chi connectivity index (χ4n) is 1.77. The molecule has 0 saturated carbocycles. The minimum absolute atomic E-state index is 0.335. The summed E-state index contributed by atoms with van der Waals surface area (Å²) in [5.41, 5.74) is 1.20. The average molecular weight is 298 g/mol. The van der Waals surface area contributed by atoms with Gasteiger partial charge in [0, 0.05) is 25.8 Å². The maximum Gasteiger partial charge on any atom is 0.492 e. The van der Waals surface area contributed by atoms with Crippen molar-refractivity contribution in [2.75, 3.05) is 40.6 Å². The number of methoxy groups -OCH3 is 2. The van der Waals surface area contributed by atoms with E-state index in [1.165, 1.54) is 7.11 Å². The van der Waals surface area contributed by atoms with E-state index in [1.807, 2.05) is 6.07 Å². The number of rotatable bonds is 11. The lowest BCUT2D eigenvalue weighted by molar-refractivity contribution is 0.0483. The van der Waals surface area contributed by atoms with Gasteiger partial charge in [-0.1, -0.05) is 12.1 Å². The minimum Gasteiger partial charge on any atom is -0.497 e. The van der Waals surface area contributed by atoms with Gasteiger partial charge in [-0.2, -0.15) is 0 Å². The second-order valence-electron chi connectivity index (χ2n) is 4.46. The van der Waals surface area contributed by atoms with E-state index in [4.69, 9.17) is 18.9 Å². The summed E-state index contributed by atoms with van der Waals surface area (Å²) in [5.74, 6) is 0.445. The molecule has 1 rings (SSSR count). The standard InChI is InChI=1S/C14H23BO6/c1-18-8-9-20-6-3-7-21-11-12-4-5-14(19-2)13(10-12)15(16)17/h4-5,10,16-17H,3,6-9,11H2,1-2H3. The Morgan fingerprint density at radius 1 is 1.00 bits per heavy atom. The van der Waals surface area contributed by atoms with Gasteiger partial charge < -0.3 is 29.0 Å². The zero-order chi connectivity index (χ0) is 15.5. The second-order valence-corrected chi connectivity index (χ2v) is 4.46. The molecule has 0 aliphatic heterocycles. The van der Waals surface area contributed by atoms with E-state index < -0.39 is 7.12 Å². The van der Waals surface area contributed by atoms with Crippen LogP contribution in [0, 0.1) is 0 Å². The van der Waals surface area contributed by atoms with Crippen molar-refractivity contribution in [3.05, 3.63) is 23.8 Å². The SMILES string of the molecule is COCCOCCCOCc1ccc(OC)c(B(O)O)c1. The normalized spacial score (nSPS) is 10.7. The van der Waals surface area contributed by atoms with Crippen molar-refractivity contribution in [3.63, 3.8) is 0 Å². The summed E-state index contributed by atoms with van der Waals surface area (Å²) in [5, 5.41) is 18.6. The predicted molar refractivity (Wildman–Crippen MR) is 79.8 cm³/mol. The highest BCUT2D eigenvalue weighted by Crippen LogP contribution is 2.11. The Kier molecular flexibility index (Phi) is 9.04. The van der Waals surface area contributed by atoms with Crippen molar-refractivity contribution in [1.82, 2.24) is 0 Å². The van der Waals surface area contributed by atoms with E-state index in [-0.39, 0.29) is 0 Å². The lowest BCUT2D eigenvalue weighted by Gasteiger charge is -2.10. The molecule has 118 valence electrons. The van der Waals surface area contributed by atoms with Crippen LogP contribution in [0.1, 0.15) is 12.0 Å². The summed E-state index contributed by atoms with van der Waals surface area (Å²) < 4.78 is 20.8. The van der Waals surface area contributed by atoms with E-state index in [1.54, 1.807) is 19.2 Å². The molecule has 6 nitrogen and oxygen atoms in total. The molecular formula is C14H23BO6. The van der Waals surface area contributed by atoms with Crippen LogP contribution >= 0.6 is 0 Å². The van der Waals surface area contributed by atoms with Gasteiger partial charge in [0.1, 0.15) is 5.75 Å². The van der Waals surface area contributed by atoms with Crippen molar-refractivity contribution in [3.8, 4) is 5.75 Å². The predicted octanol–water partition coefficient (Wildman–Crippen LogP) is -0.0553. The molecule has 21 heavy (non-hydrogen) atoms. The van der Waals surface area contributed by atoms with Crippen molar-refractivity contribution in [1.29, 1.82) is 0 Å². The van der Waals surface area contributed by atoms with Gasteiger partial charge in [0.05, 0.1) is 26.9 Å². The molecule has 0 radical (unpaired) electrons. The Balaban J connectivity index is 2.27. The summed E-state index contributed by atoms with van der Waals surface area (Å²) in [6.07, 6.45) is 0.801. The highest BCUT2D eigenvalue weighted by atomic mass is 16.5. The molecule has 1 aromatic carbocycles. The van der Waals surface area contributed by atoms with Gasteiger partial charge >= 0.3 is 7.12 Å². The summed E-state index contributed by atoms with van der Waals surface area (Å²) in [7, 11) is 1.56. The maximum atomic E-state index is 9.28. The molecule has 0 bridgehead atoms. The van der Waals surface area contributed by atoms with Gasteiger partial charge in [0.15, 0.2) is 0 Å². The molecule has 7 heteroatoms. The lowest BCUT2D eigenvalue weighted by Crippen LogP contribution is -2.31. The molecule has 0 aromatic heterocycles. The average Bonchev–Trinajstić information content (AvgIpc) is 2.49. The second kappa shape index (κ2) is 10.6. The summed E-state index contributed by atoms with van der Waals surface area (Å²) >= 11 is 0. The third kappa shape index (κ3) is 6.92. The molecule has 0 amide bonds. The zero-order valence-corrected chi connectivity index (χ0v) is 12.6. The van der Waals surface area contributed by atoms with Crippen LogP contribution in [0.4, 0.5) is 0 Å². The number of hydrogen-bond donors (Lipinski definition) is 2. The first-order valence-electron chi connectivity index (χ1n) is 6.86. The molecule has 0 spiro atoms. The van der Waals surface area contributed by atoms with E-state index in [2.05, 4.69) is 0 Å². The molecule has 0 atom stereocenters. The molecule has 0 aliphatic rings. The van der Waals surface area contributed by atoms with Crippen molar-refractivity contribution in [2.24, 2.45) is 0 Å². The van der Waals surface area contributed by atoms with Crippen LogP contribution in [-0.4, -0.2) is 57.8 Å². The molecule has 0 unspecified atom stereocenters. The molecule has 0 heterocycles. The third-order valence-electron chi connectivity index (χ3n) is 2.85. The molecule has 2 N–H and O–H groups in total. The monoisotopic (exact) mass is 298 g/mol. The Hall–Kier alpha value is -1.12. The van der Waals surface area contributed by atoms with Crippen LogP contribution < -0.4 is 10.2 Å². The zero-order valence-electron chi connectivity index (χ0n) is 12.6. The highest BCUT2D eigenvalue weighted by Gasteiger charge is 2.17. The van der Waals surface area contributed by atoms with Crippen LogP contribution in [0.5, 0.6) is 5.75 Å². The minimum atomic E-state index is -1.56. The third-order valence-corrected chi connectivity index (χ3v) is 2.85. The van der Waals surface area contributed by atoms with Crippen molar-refractivity contribution >= 4 is 12.6 Å². The fourth-order valence-corrected chi connectivity index (χ4v) is 1.77. The summed E-state index contributed by atoms with van der Waals surface area (Å²) in [6.45, 7) is 2.80. The quantitative estimate of drug-likeness (QED) is 0.440. The van der Waals surface area contributed by atoms with Gasteiger partial charge in [-0.05, 0) is 18.1 Å². The van der Waals surface area contributed by atoms with Gasteiger partial charge in [0.2, 0.25) is 0 Å². The first-order chi connectivity index (χ1) is 10.2. The molecule has 0 aliphatic carbocycles. The van der Waals surface area contributed by atoms with E-state index >= 15 is 0 Å². The van der Waals surface area contributed by atoms with Crippen LogP contribution in [0.2, 0.25) is 0 Å². The maximum absolute atomic E-state index is 9.28. The van der Waals surface area contributed by atoms with Crippen LogP contribution in [0.25, 0.3) is 0 Å². The summed E-state index contributed by atoms with van der Waals surface area (Å²) in [4.78, 5) is 0. The number of ether oxygens (including phenoxy) is 4. The smallest absolute Gasteiger partial charge is 0.492 e. The summed E-state index contributed by atoms with van der Waals surface area (Å²) in [6, 6.07) is 5.19. The number of hydrogen-bond acceptors (Lipinski definition) is 6. The van der Waals surface area contributed by atoms with E-state index in [0.717, 1.165) is 12.0 Å². The molecule has 0 fully saturated rings. The first kappa shape index (κ1) is 17.9.